The molecule has 23 heavy (non-hydrogen) atoms. The minimum atomic E-state index is -0.119. The predicted molar refractivity (Wildman–Crippen MR) is 98.5 cm³/mol. The lowest BCUT2D eigenvalue weighted by Crippen LogP contribution is -2.38. The van der Waals surface area contributed by atoms with Gasteiger partial charge in [-0.3, -0.25) is 4.79 Å². The van der Waals surface area contributed by atoms with Crippen LogP contribution < -0.4 is 10.6 Å². The van der Waals surface area contributed by atoms with E-state index in [2.05, 4.69) is 10.6 Å². The third-order valence-electron chi connectivity index (χ3n) is 3.41. The molecule has 1 amide bonds. The number of hydrogen-bond donors (Lipinski definition) is 2. The van der Waals surface area contributed by atoms with Gasteiger partial charge < -0.3 is 10.6 Å². The summed E-state index contributed by atoms with van der Waals surface area (Å²) in [4.78, 5) is 11.9. The van der Waals surface area contributed by atoms with Crippen molar-refractivity contribution in [2.75, 3.05) is 0 Å². The maximum atomic E-state index is 11.9. The number of carbonyl (C=O) groups excluding carboxylic acids is 1. The van der Waals surface area contributed by atoms with Crippen LogP contribution in [0.2, 0.25) is 5.02 Å². The first-order valence-corrected chi connectivity index (χ1v) is 8.20. The number of thiocarbonyl (C=S) groups is 1. The monoisotopic (exact) mass is 346 g/mol. The molecule has 0 unspecified atom stereocenters. The molecule has 0 saturated carbocycles. The molecule has 0 bridgehead atoms. The van der Waals surface area contributed by atoms with Gasteiger partial charge in [-0.1, -0.05) is 59.6 Å². The lowest BCUT2D eigenvalue weighted by Gasteiger charge is -2.10. The van der Waals surface area contributed by atoms with Crippen molar-refractivity contribution in [3.05, 3.63) is 70.2 Å². The molecule has 3 nitrogen and oxygen atoms in total. The maximum Gasteiger partial charge on any atom is 0.226 e. The highest BCUT2D eigenvalue weighted by Crippen LogP contribution is 2.16. The number of benzene rings is 2. The van der Waals surface area contributed by atoms with Crippen LogP contribution in [0.3, 0.4) is 0 Å². The van der Waals surface area contributed by atoms with Crippen molar-refractivity contribution in [3.63, 3.8) is 0 Å². The summed E-state index contributed by atoms with van der Waals surface area (Å²) < 4.78 is 0. The summed E-state index contributed by atoms with van der Waals surface area (Å²) in [6, 6.07) is 15.7. The fraction of sp³-hybridized carbons (Fsp3) is 0.222. The highest BCUT2D eigenvalue weighted by atomic mass is 35.5. The van der Waals surface area contributed by atoms with Crippen molar-refractivity contribution < 1.29 is 4.79 Å². The Morgan fingerprint density at radius 3 is 2.52 bits per heavy atom. The largest absolute Gasteiger partial charge is 0.358 e. The van der Waals surface area contributed by atoms with Crippen LogP contribution in [0.5, 0.6) is 0 Å². The number of aryl methyl sites for hydroxylation is 2. The first-order chi connectivity index (χ1) is 11.0. The fourth-order valence-corrected chi connectivity index (χ4v) is 2.49. The maximum absolute atomic E-state index is 11.9. The molecule has 0 aliphatic heterocycles. The van der Waals surface area contributed by atoms with Gasteiger partial charge in [0.2, 0.25) is 5.91 Å². The van der Waals surface area contributed by atoms with Crippen LogP contribution in [-0.2, 0) is 17.8 Å². The standard InChI is InChI=1S/C18H19ClN2OS/c1-13-6-8-14(9-7-13)12-20-18(23)21-17(22)11-10-15-4-2-3-5-16(15)19/h2-9H,10-12H2,1H3,(H2,20,21,22,23). The summed E-state index contributed by atoms with van der Waals surface area (Å²) in [5.41, 5.74) is 3.29. The van der Waals surface area contributed by atoms with Gasteiger partial charge in [0.1, 0.15) is 0 Å². The zero-order chi connectivity index (χ0) is 16.7. The lowest BCUT2D eigenvalue weighted by molar-refractivity contribution is -0.119. The van der Waals surface area contributed by atoms with Crippen LogP contribution in [0.25, 0.3) is 0 Å². The van der Waals surface area contributed by atoms with Crippen LogP contribution in [0.15, 0.2) is 48.5 Å². The summed E-state index contributed by atoms with van der Waals surface area (Å²) in [5, 5.41) is 6.75. The van der Waals surface area contributed by atoms with Gasteiger partial charge in [0.25, 0.3) is 0 Å². The number of hydrogen-bond acceptors (Lipinski definition) is 2. The van der Waals surface area contributed by atoms with Gasteiger partial charge in [-0.15, -0.1) is 0 Å². The molecular weight excluding hydrogens is 328 g/mol. The molecule has 0 aliphatic carbocycles. The molecule has 2 N–H and O–H groups in total. The molecule has 0 aromatic heterocycles. The number of nitrogens with one attached hydrogen (secondary N) is 2. The van der Waals surface area contributed by atoms with Crippen LogP contribution in [0, 0.1) is 6.92 Å². The van der Waals surface area contributed by atoms with Gasteiger partial charge in [-0.05, 0) is 42.8 Å². The Morgan fingerprint density at radius 1 is 1.13 bits per heavy atom. The first kappa shape index (κ1) is 17.4. The van der Waals surface area contributed by atoms with E-state index in [1.807, 2.05) is 55.5 Å². The molecule has 120 valence electrons. The Bertz CT molecular complexity index is 686. The number of amides is 1. The van der Waals surface area contributed by atoms with E-state index in [0.29, 0.717) is 29.5 Å². The fourth-order valence-electron chi connectivity index (χ4n) is 2.07. The van der Waals surface area contributed by atoms with Crippen molar-refractivity contribution in [1.82, 2.24) is 10.6 Å². The number of rotatable bonds is 5. The van der Waals surface area contributed by atoms with Crippen molar-refractivity contribution in [2.45, 2.75) is 26.3 Å². The predicted octanol–water partition coefficient (Wildman–Crippen LogP) is 3.77. The lowest BCUT2D eigenvalue weighted by atomic mass is 10.1. The minimum Gasteiger partial charge on any atom is -0.358 e. The van der Waals surface area contributed by atoms with Gasteiger partial charge in [0.05, 0.1) is 0 Å². The molecule has 5 heteroatoms. The van der Waals surface area contributed by atoms with E-state index in [0.717, 1.165) is 11.1 Å². The molecule has 2 aromatic carbocycles. The van der Waals surface area contributed by atoms with Crippen molar-refractivity contribution in [1.29, 1.82) is 0 Å². The van der Waals surface area contributed by atoms with Crippen molar-refractivity contribution in [3.8, 4) is 0 Å². The van der Waals surface area contributed by atoms with Crippen LogP contribution >= 0.6 is 23.8 Å². The summed E-state index contributed by atoms with van der Waals surface area (Å²) in [7, 11) is 0. The number of carbonyl (C=O) groups is 1. The van der Waals surface area contributed by atoms with Crippen molar-refractivity contribution in [2.24, 2.45) is 0 Å². The smallest absolute Gasteiger partial charge is 0.226 e. The molecule has 0 radical (unpaired) electrons. The zero-order valence-electron chi connectivity index (χ0n) is 12.9. The zero-order valence-corrected chi connectivity index (χ0v) is 14.5. The van der Waals surface area contributed by atoms with E-state index in [-0.39, 0.29) is 5.91 Å². The van der Waals surface area contributed by atoms with Crippen LogP contribution in [0.1, 0.15) is 23.1 Å². The normalized spacial score (nSPS) is 10.2. The average molecular weight is 347 g/mol. The van der Waals surface area contributed by atoms with Crippen LogP contribution in [-0.4, -0.2) is 11.0 Å². The molecule has 2 rings (SSSR count). The second-order valence-electron chi connectivity index (χ2n) is 5.31. The molecule has 0 atom stereocenters. The van der Waals surface area contributed by atoms with Gasteiger partial charge in [0.15, 0.2) is 5.11 Å². The van der Waals surface area contributed by atoms with E-state index in [1.165, 1.54) is 5.56 Å². The van der Waals surface area contributed by atoms with E-state index in [9.17, 15) is 4.79 Å². The number of halogens is 1. The quantitative estimate of drug-likeness (QED) is 0.810. The topological polar surface area (TPSA) is 41.1 Å². The van der Waals surface area contributed by atoms with E-state index >= 15 is 0 Å². The Balaban J connectivity index is 1.73. The summed E-state index contributed by atoms with van der Waals surface area (Å²) in [6.45, 7) is 2.63. The first-order valence-electron chi connectivity index (χ1n) is 7.41. The van der Waals surface area contributed by atoms with Gasteiger partial charge in [-0.2, -0.15) is 0 Å². The van der Waals surface area contributed by atoms with E-state index in [1.54, 1.807) is 0 Å². The Kier molecular flexibility index (Phi) is 6.56. The molecule has 0 spiro atoms. The van der Waals surface area contributed by atoms with Gasteiger partial charge >= 0.3 is 0 Å². The Hall–Kier alpha value is -1.91. The van der Waals surface area contributed by atoms with Gasteiger partial charge in [-0.25, -0.2) is 0 Å². The summed E-state index contributed by atoms with van der Waals surface area (Å²) in [6.07, 6.45) is 0.933. The summed E-state index contributed by atoms with van der Waals surface area (Å²) in [5.74, 6) is -0.119. The Labute approximate surface area is 147 Å². The van der Waals surface area contributed by atoms with E-state index < -0.39 is 0 Å². The molecule has 0 fully saturated rings. The van der Waals surface area contributed by atoms with E-state index in [4.69, 9.17) is 23.8 Å². The SMILES string of the molecule is Cc1ccc(CNC(=S)NC(=O)CCc2ccccc2Cl)cc1. The third-order valence-corrected chi connectivity index (χ3v) is 4.02. The average Bonchev–Trinajstić information content (AvgIpc) is 2.53. The van der Waals surface area contributed by atoms with Gasteiger partial charge in [0, 0.05) is 18.0 Å². The molecular formula is C18H19ClN2OS. The Morgan fingerprint density at radius 2 is 1.83 bits per heavy atom. The highest BCUT2D eigenvalue weighted by Gasteiger charge is 2.06. The molecule has 0 aliphatic rings. The van der Waals surface area contributed by atoms with Crippen molar-refractivity contribution >= 4 is 34.8 Å². The molecule has 2 aromatic rings. The highest BCUT2D eigenvalue weighted by molar-refractivity contribution is 7.80. The minimum absolute atomic E-state index is 0.119. The second-order valence-corrected chi connectivity index (χ2v) is 6.12. The third kappa shape index (κ3) is 6.00. The molecule has 0 saturated heterocycles. The van der Waals surface area contributed by atoms with Crippen LogP contribution in [0.4, 0.5) is 0 Å². The molecule has 0 heterocycles. The summed E-state index contributed by atoms with van der Waals surface area (Å²) >= 11 is 11.2. The second kappa shape index (κ2) is 8.65.